The Kier molecular flexibility index (Phi) is 5.20. The van der Waals surface area contributed by atoms with Gasteiger partial charge in [0.15, 0.2) is 0 Å². The van der Waals surface area contributed by atoms with E-state index in [1.165, 1.54) is 0 Å². The largest absolute Gasteiger partial charge is 0.365 e. The second-order valence-corrected chi connectivity index (χ2v) is 6.08. The van der Waals surface area contributed by atoms with Crippen LogP contribution in [0.1, 0.15) is 5.56 Å². The lowest BCUT2D eigenvalue weighted by Crippen LogP contribution is -2.27. The zero-order valence-corrected chi connectivity index (χ0v) is 14.4. The van der Waals surface area contributed by atoms with Gasteiger partial charge in [0.05, 0.1) is 23.8 Å². The van der Waals surface area contributed by atoms with Gasteiger partial charge in [-0.25, -0.2) is 4.98 Å². The highest BCUT2D eigenvalue weighted by molar-refractivity contribution is 5.92. The van der Waals surface area contributed by atoms with Crippen LogP contribution in [0.4, 0.5) is 11.5 Å². The predicted octanol–water partition coefficient (Wildman–Crippen LogP) is 2.74. The summed E-state index contributed by atoms with van der Waals surface area (Å²) in [6.07, 6.45) is 1.73. The minimum Gasteiger partial charge on any atom is -0.365 e. The van der Waals surface area contributed by atoms with E-state index in [9.17, 15) is 4.79 Å². The van der Waals surface area contributed by atoms with Crippen LogP contribution in [0.2, 0.25) is 0 Å². The number of hydrogen-bond acceptors (Lipinski definition) is 5. The molecule has 1 amide bonds. The third-order valence-electron chi connectivity index (χ3n) is 3.59. The second kappa shape index (κ2) is 7.72. The van der Waals surface area contributed by atoms with E-state index in [-0.39, 0.29) is 5.91 Å². The molecule has 1 heterocycles. The zero-order valence-electron chi connectivity index (χ0n) is 14.4. The van der Waals surface area contributed by atoms with E-state index < -0.39 is 0 Å². The van der Waals surface area contributed by atoms with E-state index in [0.29, 0.717) is 13.1 Å². The van der Waals surface area contributed by atoms with Crippen LogP contribution in [0.5, 0.6) is 0 Å². The lowest BCUT2D eigenvalue weighted by atomic mass is 10.2. The number of hydrogen-bond donors (Lipinski definition) is 2. The molecular weight excluding hydrogens is 314 g/mol. The number of para-hydroxylation sites is 2. The van der Waals surface area contributed by atoms with E-state index >= 15 is 0 Å². The number of amides is 1. The molecule has 2 N–H and O–H groups in total. The normalized spacial score (nSPS) is 10.8. The molecular formula is C19H21N5O. The molecule has 1 aromatic heterocycles. The van der Waals surface area contributed by atoms with Crippen LogP contribution in [0.3, 0.4) is 0 Å². The summed E-state index contributed by atoms with van der Waals surface area (Å²) in [5.74, 6) is 0.691. The summed E-state index contributed by atoms with van der Waals surface area (Å²) >= 11 is 0. The molecule has 25 heavy (non-hydrogen) atoms. The van der Waals surface area contributed by atoms with Gasteiger partial charge >= 0.3 is 0 Å². The molecule has 0 spiro atoms. The van der Waals surface area contributed by atoms with Gasteiger partial charge < -0.3 is 15.5 Å². The van der Waals surface area contributed by atoms with E-state index in [2.05, 4.69) is 20.6 Å². The number of anilines is 2. The number of aromatic nitrogens is 2. The summed E-state index contributed by atoms with van der Waals surface area (Å²) in [5, 5.41) is 6.17. The summed E-state index contributed by atoms with van der Waals surface area (Å²) in [5.41, 5.74) is 3.57. The maximum atomic E-state index is 11.9. The lowest BCUT2D eigenvalue weighted by Gasteiger charge is -2.11. The first-order chi connectivity index (χ1) is 12.1. The molecule has 3 rings (SSSR count). The van der Waals surface area contributed by atoms with Crippen LogP contribution < -0.4 is 10.6 Å². The molecule has 6 heteroatoms. The maximum absolute atomic E-state index is 11.9. The van der Waals surface area contributed by atoms with Crippen LogP contribution in [0.25, 0.3) is 11.0 Å². The van der Waals surface area contributed by atoms with Crippen molar-refractivity contribution in [3.63, 3.8) is 0 Å². The van der Waals surface area contributed by atoms with Crippen molar-refractivity contribution in [3.8, 4) is 0 Å². The van der Waals surface area contributed by atoms with Crippen molar-refractivity contribution in [2.45, 2.75) is 6.54 Å². The quantitative estimate of drug-likeness (QED) is 0.725. The van der Waals surface area contributed by atoms with Gasteiger partial charge in [0.25, 0.3) is 0 Å². The van der Waals surface area contributed by atoms with Gasteiger partial charge in [0.1, 0.15) is 5.82 Å². The summed E-state index contributed by atoms with van der Waals surface area (Å²) in [6.45, 7) is 0.958. The highest BCUT2D eigenvalue weighted by Crippen LogP contribution is 2.14. The third-order valence-corrected chi connectivity index (χ3v) is 3.59. The first-order valence-electron chi connectivity index (χ1n) is 8.09. The Hall–Kier alpha value is -2.99. The molecule has 0 aliphatic carbocycles. The molecule has 2 aromatic carbocycles. The van der Waals surface area contributed by atoms with Crippen LogP contribution >= 0.6 is 0 Å². The molecule has 3 aromatic rings. The minimum atomic E-state index is -0.0319. The third kappa shape index (κ3) is 4.74. The van der Waals surface area contributed by atoms with E-state index in [0.717, 1.165) is 28.1 Å². The Labute approximate surface area is 146 Å². The van der Waals surface area contributed by atoms with Crippen molar-refractivity contribution in [1.82, 2.24) is 14.9 Å². The lowest BCUT2D eigenvalue weighted by molar-refractivity contribution is -0.116. The van der Waals surface area contributed by atoms with Crippen LogP contribution in [0, 0.1) is 0 Å². The Morgan fingerprint density at radius 1 is 1.08 bits per heavy atom. The molecule has 0 aliphatic heterocycles. The molecule has 0 saturated carbocycles. The van der Waals surface area contributed by atoms with Gasteiger partial charge in [0.2, 0.25) is 5.91 Å². The Morgan fingerprint density at radius 2 is 1.88 bits per heavy atom. The molecule has 0 atom stereocenters. The highest BCUT2D eigenvalue weighted by atomic mass is 16.2. The number of carbonyl (C=O) groups excluding carboxylic acids is 1. The van der Waals surface area contributed by atoms with Crippen molar-refractivity contribution in [2.75, 3.05) is 31.3 Å². The van der Waals surface area contributed by atoms with E-state index in [4.69, 9.17) is 0 Å². The average molecular weight is 335 g/mol. The SMILES string of the molecule is CN(C)CC(=O)Nc1cccc(CNc2cnc3ccccc3n2)c1. The Balaban J connectivity index is 1.64. The van der Waals surface area contributed by atoms with Crippen molar-refractivity contribution in [2.24, 2.45) is 0 Å². The Bertz CT molecular complexity index is 878. The fourth-order valence-electron chi connectivity index (χ4n) is 2.48. The number of carbonyl (C=O) groups is 1. The number of benzene rings is 2. The predicted molar refractivity (Wildman–Crippen MR) is 100 cm³/mol. The van der Waals surface area contributed by atoms with Crippen molar-refractivity contribution in [1.29, 1.82) is 0 Å². The summed E-state index contributed by atoms with van der Waals surface area (Å²) in [7, 11) is 3.73. The number of nitrogens with one attached hydrogen (secondary N) is 2. The number of likely N-dealkylation sites (N-methyl/N-ethyl adjacent to an activating group) is 1. The topological polar surface area (TPSA) is 70.2 Å². The van der Waals surface area contributed by atoms with Gasteiger partial charge in [0, 0.05) is 12.2 Å². The monoisotopic (exact) mass is 335 g/mol. The molecule has 0 unspecified atom stereocenters. The van der Waals surface area contributed by atoms with Crippen LogP contribution in [-0.2, 0) is 11.3 Å². The minimum absolute atomic E-state index is 0.0319. The summed E-state index contributed by atoms with van der Waals surface area (Å²) < 4.78 is 0. The number of nitrogens with zero attached hydrogens (tertiary/aromatic N) is 3. The molecule has 0 radical (unpaired) electrons. The summed E-state index contributed by atoms with van der Waals surface area (Å²) in [4.78, 5) is 22.6. The first-order valence-corrected chi connectivity index (χ1v) is 8.09. The average Bonchev–Trinajstić information content (AvgIpc) is 2.59. The van der Waals surface area contributed by atoms with Gasteiger partial charge in [-0.05, 0) is 43.9 Å². The van der Waals surface area contributed by atoms with E-state index in [1.807, 2.05) is 67.5 Å². The van der Waals surface area contributed by atoms with Crippen molar-refractivity contribution < 1.29 is 4.79 Å². The van der Waals surface area contributed by atoms with Gasteiger partial charge in [-0.3, -0.25) is 9.78 Å². The number of rotatable bonds is 6. The summed E-state index contributed by atoms with van der Waals surface area (Å²) in [6, 6.07) is 15.5. The maximum Gasteiger partial charge on any atom is 0.238 e. The van der Waals surface area contributed by atoms with Gasteiger partial charge in [-0.1, -0.05) is 24.3 Å². The molecule has 0 fully saturated rings. The van der Waals surface area contributed by atoms with E-state index in [1.54, 1.807) is 6.20 Å². The van der Waals surface area contributed by atoms with Crippen LogP contribution in [0.15, 0.2) is 54.7 Å². The molecule has 6 nitrogen and oxygen atoms in total. The van der Waals surface area contributed by atoms with Crippen LogP contribution in [-0.4, -0.2) is 41.4 Å². The van der Waals surface area contributed by atoms with Gasteiger partial charge in [-0.2, -0.15) is 0 Å². The first kappa shape index (κ1) is 16.9. The highest BCUT2D eigenvalue weighted by Gasteiger charge is 2.05. The fraction of sp³-hybridized carbons (Fsp3) is 0.211. The van der Waals surface area contributed by atoms with Gasteiger partial charge in [-0.15, -0.1) is 0 Å². The second-order valence-electron chi connectivity index (χ2n) is 6.08. The molecule has 0 aliphatic rings. The van der Waals surface area contributed by atoms with Crippen molar-refractivity contribution >= 4 is 28.4 Å². The fourth-order valence-corrected chi connectivity index (χ4v) is 2.48. The van der Waals surface area contributed by atoms with Crippen molar-refractivity contribution in [3.05, 3.63) is 60.3 Å². The molecule has 128 valence electrons. The molecule has 0 saturated heterocycles. The smallest absolute Gasteiger partial charge is 0.238 e. The molecule has 0 bridgehead atoms. The number of fused-ring (bicyclic) bond motifs is 1. The standard InChI is InChI=1S/C19H21N5O/c1-24(2)13-19(25)22-15-7-5-6-14(10-15)11-21-18-12-20-16-8-3-4-9-17(16)23-18/h3-10,12H,11,13H2,1-2H3,(H,21,23)(H,22,25). The Morgan fingerprint density at radius 3 is 2.68 bits per heavy atom. The zero-order chi connectivity index (χ0) is 17.6.